The van der Waals surface area contributed by atoms with Crippen LogP contribution in [0.1, 0.15) is 31.0 Å². The second-order valence-corrected chi connectivity index (χ2v) is 7.44. The van der Waals surface area contributed by atoms with Gasteiger partial charge in [0.25, 0.3) is 0 Å². The molecule has 2 aromatic carbocycles. The lowest BCUT2D eigenvalue weighted by Gasteiger charge is -2.20. The third-order valence-electron chi connectivity index (χ3n) is 5.01. The van der Waals surface area contributed by atoms with E-state index in [4.69, 9.17) is 0 Å². The van der Waals surface area contributed by atoms with Crippen LogP contribution in [0.5, 0.6) is 0 Å². The summed E-state index contributed by atoms with van der Waals surface area (Å²) in [5.74, 6) is -0.866. The number of para-hydroxylation sites is 1. The molecule has 2 amide bonds. The fraction of sp³-hybridized carbons (Fsp3) is 0.318. The summed E-state index contributed by atoms with van der Waals surface area (Å²) in [6.45, 7) is 3.29. The van der Waals surface area contributed by atoms with Gasteiger partial charge in [0, 0.05) is 18.3 Å². The lowest BCUT2D eigenvalue weighted by atomic mass is 10.1. The normalized spacial score (nSPS) is 12.3. The maximum absolute atomic E-state index is 13.0. The summed E-state index contributed by atoms with van der Waals surface area (Å²) >= 11 is 0. The van der Waals surface area contributed by atoms with Crippen LogP contribution in [0.3, 0.4) is 0 Å². The van der Waals surface area contributed by atoms with Crippen LogP contribution in [0.4, 0.5) is 18.9 Å². The van der Waals surface area contributed by atoms with Gasteiger partial charge >= 0.3 is 6.18 Å². The lowest BCUT2D eigenvalue weighted by Crippen LogP contribution is -2.39. The van der Waals surface area contributed by atoms with Gasteiger partial charge in [-0.25, -0.2) is 0 Å². The van der Waals surface area contributed by atoms with Crippen molar-refractivity contribution in [3.63, 3.8) is 0 Å². The number of benzene rings is 2. The molecule has 0 aliphatic carbocycles. The predicted octanol–water partition coefficient (Wildman–Crippen LogP) is 3.58. The minimum atomic E-state index is -4.50. The van der Waals surface area contributed by atoms with E-state index in [1.54, 1.807) is 6.07 Å². The average molecular weight is 460 g/mol. The Morgan fingerprint density at radius 3 is 2.58 bits per heavy atom. The Balaban J connectivity index is 1.66. The number of tetrazole rings is 1. The molecular formula is C22H23F3N6O2. The maximum atomic E-state index is 13.0. The largest absolute Gasteiger partial charge is 0.416 e. The third-order valence-corrected chi connectivity index (χ3v) is 5.01. The second kappa shape index (κ2) is 9.80. The highest BCUT2D eigenvalue weighted by Crippen LogP contribution is 2.31. The molecule has 0 radical (unpaired) electrons. The van der Waals surface area contributed by atoms with Gasteiger partial charge in [-0.15, -0.1) is 10.2 Å². The minimum Gasteiger partial charge on any atom is -0.335 e. The van der Waals surface area contributed by atoms with Crippen molar-refractivity contribution >= 4 is 17.5 Å². The van der Waals surface area contributed by atoms with Gasteiger partial charge in [0.2, 0.25) is 17.6 Å². The van der Waals surface area contributed by atoms with Gasteiger partial charge in [0.15, 0.2) is 0 Å². The average Bonchev–Trinajstić information content (AvgIpc) is 3.28. The van der Waals surface area contributed by atoms with Gasteiger partial charge in [0.05, 0.1) is 12.1 Å². The van der Waals surface area contributed by atoms with E-state index in [-0.39, 0.29) is 23.8 Å². The number of nitrogens with zero attached hydrogens (tertiary/aromatic N) is 5. The Morgan fingerprint density at radius 1 is 1.15 bits per heavy atom. The molecule has 0 saturated heterocycles. The maximum Gasteiger partial charge on any atom is 0.416 e. The molecular weight excluding hydrogens is 437 g/mol. The summed E-state index contributed by atoms with van der Waals surface area (Å²) in [7, 11) is 1.47. The molecule has 11 heteroatoms. The third kappa shape index (κ3) is 5.73. The topological polar surface area (TPSA) is 93.0 Å². The van der Waals surface area contributed by atoms with Gasteiger partial charge in [0.1, 0.15) is 6.04 Å². The first-order chi connectivity index (χ1) is 15.6. The van der Waals surface area contributed by atoms with E-state index in [0.29, 0.717) is 5.69 Å². The van der Waals surface area contributed by atoms with Crippen LogP contribution < -0.4 is 5.32 Å². The fourth-order valence-corrected chi connectivity index (χ4v) is 3.19. The Morgan fingerprint density at radius 2 is 1.88 bits per heavy atom. The standard InChI is InChI=1S/C22H23F3N6O2/c1-4-15-8-5-6-11-18(15)26-19(32)13-30(3)21(33)14(2)31-28-20(27-29-31)16-9-7-10-17(12-16)22(23,24)25/h5-12,14H,4,13H2,1-3H3,(H,26,32). The molecule has 0 fully saturated rings. The molecule has 1 heterocycles. The summed E-state index contributed by atoms with van der Waals surface area (Å²) in [6.07, 6.45) is -3.76. The highest BCUT2D eigenvalue weighted by Gasteiger charge is 2.31. The number of carbonyl (C=O) groups excluding carboxylic acids is 2. The van der Waals surface area contributed by atoms with E-state index in [1.165, 1.54) is 31.0 Å². The van der Waals surface area contributed by atoms with Crippen molar-refractivity contribution in [2.24, 2.45) is 0 Å². The fourth-order valence-electron chi connectivity index (χ4n) is 3.19. The minimum absolute atomic E-state index is 0.0441. The zero-order valence-corrected chi connectivity index (χ0v) is 18.3. The van der Waals surface area contributed by atoms with E-state index in [1.807, 2.05) is 25.1 Å². The molecule has 0 aliphatic heterocycles. The van der Waals surface area contributed by atoms with E-state index in [2.05, 4.69) is 20.7 Å². The zero-order chi connectivity index (χ0) is 24.2. The number of anilines is 1. The highest BCUT2D eigenvalue weighted by molar-refractivity contribution is 5.95. The molecule has 0 aliphatic rings. The summed E-state index contributed by atoms with van der Waals surface area (Å²) in [5.41, 5.74) is 0.943. The van der Waals surface area contributed by atoms with Gasteiger partial charge in [-0.2, -0.15) is 18.0 Å². The molecule has 8 nitrogen and oxygen atoms in total. The van der Waals surface area contributed by atoms with Gasteiger partial charge in [-0.1, -0.05) is 37.3 Å². The van der Waals surface area contributed by atoms with E-state index < -0.39 is 23.7 Å². The number of likely N-dealkylation sites (N-methyl/N-ethyl adjacent to an activating group) is 1. The van der Waals surface area contributed by atoms with Gasteiger partial charge in [-0.05, 0) is 42.3 Å². The van der Waals surface area contributed by atoms with Crippen molar-refractivity contribution in [3.05, 3.63) is 59.7 Å². The van der Waals surface area contributed by atoms with Crippen LogP contribution in [-0.4, -0.2) is 50.5 Å². The molecule has 1 N–H and O–H groups in total. The quantitative estimate of drug-likeness (QED) is 0.582. The number of hydrogen-bond acceptors (Lipinski definition) is 5. The Bertz CT molecular complexity index is 1140. The van der Waals surface area contributed by atoms with Crippen molar-refractivity contribution < 1.29 is 22.8 Å². The number of amides is 2. The molecule has 1 unspecified atom stereocenters. The highest BCUT2D eigenvalue weighted by atomic mass is 19.4. The number of aryl methyl sites for hydroxylation is 1. The smallest absolute Gasteiger partial charge is 0.335 e. The number of aromatic nitrogens is 4. The Hall–Kier alpha value is -3.76. The van der Waals surface area contributed by atoms with Gasteiger partial charge in [-0.3, -0.25) is 9.59 Å². The van der Waals surface area contributed by atoms with Crippen molar-refractivity contribution in [1.29, 1.82) is 0 Å². The van der Waals surface area contributed by atoms with Gasteiger partial charge < -0.3 is 10.2 Å². The molecule has 0 bridgehead atoms. The monoisotopic (exact) mass is 460 g/mol. The Labute approximate surface area is 188 Å². The Kier molecular flexibility index (Phi) is 7.10. The molecule has 33 heavy (non-hydrogen) atoms. The van der Waals surface area contributed by atoms with Crippen LogP contribution in [0.15, 0.2) is 48.5 Å². The summed E-state index contributed by atoms with van der Waals surface area (Å²) < 4.78 is 38.9. The summed E-state index contributed by atoms with van der Waals surface area (Å²) in [4.78, 5) is 27.4. The molecule has 0 spiro atoms. The number of halogens is 3. The van der Waals surface area contributed by atoms with Crippen molar-refractivity contribution in [1.82, 2.24) is 25.1 Å². The number of alkyl halides is 3. The number of carbonyl (C=O) groups is 2. The van der Waals surface area contributed by atoms with E-state index in [0.717, 1.165) is 28.9 Å². The van der Waals surface area contributed by atoms with Crippen LogP contribution in [-0.2, 0) is 22.2 Å². The number of nitrogens with one attached hydrogen (secondary N) is 1. The van der Waals surface area contributed by atoms with Crippen molar-refractivity contribution in [2.45, 2.75) is 32.5 Å². The zero-order valence-electron chi connectivity index (χ0n) is 18.3. The summed E-state index contributed by atoms with van der Waals surface area (Å²) in [5, 5.41) is 14.4. The molecule has 0 saturated carbocycles. The predicted molar refractivity (Wildman–Crippen MR) is 115 cm³/mol. The SMILES string of the molecule is CCc1ccccc1NC(=O)CN(C)C(=O)C(C)n1nnc(-c2cccc(C(F)(F)F)c2)n1. The van der Waals surface area contributed by atoms with Crippen LogP contribution in [0, 0.1) is 0 Å². The van der Waals surface area contributed by atoms with Crippen LogP contribution in [0.2, 0.25) is 0 Å². The number of rotatable bonds is 7. The van der Waals surface area contributed by atoms with Crippen molar-refractivity contribution in [3.8, 4) is 11.4 Å². The van der Waals surface area contributed by atoms with E-state index >= 15 is 0 Å². The molecule has 174 valence electrons. The lowest BCUT2D eigenvalue weighted by molar-refractivity contribution is -0.137. The van der Waals surface area contributed by atoms with E-state index in [9.17, 15) is 22.8 Å². The first-order valence-corrected chi connectivity index (χ1v) is 10.2. The first kappa shape index (κ1) is 23.9. The first-order valence-electron chi connectivity index (χ1n) is 10.2. The second-order valence-electron chi connectivity index (χ2n) is 7.44. The van der Waals surface area contributed by atoms with Crippen LogP contribution >= 0.6 is 0 Å². The van der Waals surface area contributed by atoms with Crippen LogP contribution in [0.25, 0.3) is 11.4 Å². The molecule has 1 aromatic heterocycles. The molecule has 3 rings (SSSR count). The number of hydrogen-bond donors (Lipinski definition) is 1. The van der Waals surface area contributed by atoms with Crippen molar-refractivity contribution in [2.75, 3.05) is 18.9 Å². The molecule has 3 aromatic rings. The molecule has 1 atom stereocenters. The summed E-state index contributed by atoms with van der Waals surface area (Å²) in [6, 6.07) is 11.0.